The summed E-state index contributed by atoms with van der Waals surface area (Å²) >= 11 is 0. The highest BCUT2D eigenvalue weighted by atomic mass is 16.3. The average molecular weight is 263 g/mol. The van der Waals surface area contributed by atoms with E-state index in [1.54, 1.807) is 0 Å². The Labute approximate surface area is 111 Å². The number of rotatable bonds is 4. The van der Waals surface area contributed by atoms with Crippen molar-refractivity contribution in [1.29, 1.82) is 0 Å². The molecular formula is C13H17N3O3. The van der Waals surface area contributed by atoms with Crippen LogP contribution in [0, 0.1) is 0 Å². The van der Waals surface area contributed by atoms with Gasteiger partial charge in [-0.15, -0.1) is 0 Å². The first-order valence-electron chi connectivity index (χ1n) is 6.17. The van der Waals surface area contributed by atoms with Crippen LogP contribution in [0.2, 0.25) is 0 Å². The minimum absolute atomic E-state index is 0.120. The van der Waals surface area contributed by atoms with Crippen molar-refractivity contribution in [1.82, 2.24) is 16.0 Å². The summed E-state index contributed by atoms with van der Waals surface area (Å²) in [6.07, 6.45) is 0. The Morgan fingerprint density at radius 3 is 2.74 bits per heavy atom. The molecule has 2 amide bonds. The Morgan fingerprint density at radius 1 is 1.42 bits per heavy atom. The summed E-state index contributed by atoms with van der Waals surface area (Å²) < 4.78 is 0. The lowest BCUT2D eigenvalue weighted by Gasteiger charge is -2.25. The lowest BCUT2D eigenvalue weighted by atomic mass is 10.1. The molecule has 1 fully saturated rings. The lowest BCUT2D eigenvalue weighted by molar-refractivity contribution is -0.127. The molecule has 102 valence electrons. The molecule has 0 aliphatic carbocycles. The summed E-state index contributed by atoms with van der Waals surface area (Å²) in [6, 6.07) is 8.36. The second-order valence-corrected chi connectivity index (χ2v) is 4.39. The molecule has 4 N–H and O–H groups in total. The minimum atomic E-state index is -0.463. The number of carbonyl (C=O) groups excluding carboxylic acids is 2. The van der Waals surface area contributed by atoms with E-state index in [1.165, 1.54) is 0 Å². The zero-order valence-corrected chi connectivity index (χ0v) is 10.4. The van der Waals surface area contributed by atoms with Crippen molar-refractivity contribution in [2.45, 2.75) is 12.1 Å². The Bertz CT molecular complexity index is 440. The van der Waals surface area contributed by atoms with E-state index < -0.39 is 12.1 Å². The quantitative estimate of drug-likeness (QED) is 0.556. The first kappa shape index (κ1) is 13.5. The van der Waals surface area contributed by atoms with Crippen LogP contribution < -0.4 is 16.0 Å². The summed E-state index contributed by atoms with van der Waals surface area (Å²) in [5, 5.41) is 17.6. The number of benzene rings is 1. The van der Waals surface area contributed by atoms with Crippen LogP contribution in [0.15, 0.2) is 30.3 Å². The summed E-state index contributed by atoms with van der Waals surface area (Å²) in [6.45, 7) is 0.222. The van der Waals surface area contributed by atoms with Crippen molar-refractivity contribution in [3.8, 4) is 0 Å². The van der Waals surface area contributed by atoms with Gasteiger partial charge in [0.1, 0.15) is 6.04 Å². The Morgan fingerprint density at radius 2 is 2.16 bits per heavy atom. The number of amides is 2. The highest BCUT2D eigenvalue weighted by Gasteiger charge is 2.25. The lowest BCUT2D eigenvalue weighted by Crippen LogP contribution is -2.58. The zero-order valence-electron chi connectivity index (χ0n) is 10.4. The first-order valence-corrected chi connectivity index (χ1v) is 6.17. The molecule has 1 heterocycles. The van der Waals surface area contributed by atoms with Crippen molar-refractivity contribution < 1.29 is 14.7 Å². The summed E-state index contributed by atoms with van der Waals surface area (Å²) in [5.74, 6) is -0.353. The molecule has 1 saturated heterocycles. The van der Waals surface area contributed by atoms with E-state index in [9.17, 15) is 14.7 Å². The number of carbonyl (C=O) groups is 2. The summed E-state index contributed by atoms with van der Waals surface area (Å²) in [5.41, 5.74) is 0.846. The predicted molar refractivity (Wildman–Crippen MR) is 69.2 cm³/mol. The van der Waals surface area contributed by atoms with Crippen LogP contribution in [0.1, 0.15) is 11.6 Å². The van der Waals surface area contributed by atoms with Crippen molar-refractivity contribution in [2.24, 2.45) is 0 Å². The van der Waals surface area contributed by atoms with Crippen LogP contribution in [0.25, 0.3) is 0 Å². The second kappa shape index (κ2) is 6.31. The molecule has 0 radical (unpaired) electrons. The van der Waals surface area contributed by atoms with E-state index in [4.69, 9.17) is 0 Å². The van der Waals surface area contributed by atoms with Crippen LogP contribution in [0.5, 0.6) is 0 Å². The van der Waals surface area contributed by atoms with E-state index in [0.29, 0.717) is 0 Å². The standard InChI is InChI=1S/C13H17N3O3/c17-8-11(9-4-2-1-3-5-9)16-13(19)10-6-15-12(18)7-14-10/h1-5,10-11,14,17H,6-8H2,(H,15,18)(H,16,19)/t10?,11-/m0/s1. The predicted octanol–water partition coefficient (Wildman–Crippen LogP) is -1.08. The van der Waals surface area contributed by atoms with Gasteiger partial charge in [0.25, 0.3) is 0 Å². The highest BCUT2D eigenvalue weighted by molar-refractivity contribution is 5.87. The Balaban J connectivity index is 1.95. The second-order valence-electron chi connectivity index (χ2n) is 4.39. The van der Waals surface area contributed by atoms with Gasteiger partial charge in [-0.1, -0.05) is 30.3 Å². The Hall–Kier alpha value is -1.92. The molecule has 1 aliphatic rings. The van der Waals surface area contributed by atoms with Gasteiger partial charge in [0, 0.05) is 6.54 Å². The number of hydrogen-bond donors (Lipinski definition) is 4. The fraction of sp³-hybridized carbons (Fsp3) is 0.385. The third-order valence-corrected chi connectivity index (χ3v) is 3.03. The van der Waals surface area contributed by atoms with Gasteiger partial charge < -0.3 is 15.7 Å². The van der Waals surface area contributed by atoms with E-state index in [2.05, 4.69) is 16.0 Å². The molecule has 0 aromatic heterocycles. The molecule has 0 bridgehead atoms. The number of aliphatic hydroxyl groups is 1. The molecule has 1 aromatic rings. The van der Waals surface area contributed by atoms with E-state index >= 15 is 0 Å². The van der Waals surface area contributed by atoms with Crippen LogP contribution in [-0.4, -0.2) is 42.7 Å². The largest absolute Gasteiger partial charge is 0.394 e. The summed E-state index contributed by atoms with van der Waals surface area (Å²) in [4.78, 5) is 23.0. The number of piperazine rings is 1. The molecule has 1 unspecified atom stereocenters. The fourth-order valence-electron chi connectivity index (χ4n) is 1.94. The van der Waals surface area contributed by atoms with Crippen molar-refractivity contribution in [3.05, 3.63) is 35.9 Å². The smallest absolute Gasteiger partial charge is 0.239 e. The number of hydrogen-bond acceptors (Lipinski definition) is 4. The van der Waals surface area contributed by atoms with Crippen molar-refractivity contribution in [2.75, 3.05) is 19.7 Å². The molecule has 2 atom stereocenters. The maximum atomic E-state index is 12.0. The van der Waals surface area contributed by atoms with Crippen LogP contribution >= 0.6 is 0 Å². The molecule has 2 rings (SSSR count). The van der Waals surface area contributed by atoms with Crippen LogP contribution in [-0.2, 0) is 9.59 Å². The first-order chi connectivity index (χ1) is 9.20. The molecule has 1 aliphatic heterocycles. The molecule has 0 saturated carbocycles. The maximum Gasteiger partial charge on any atom is 0.239 e. The molecular weight excluding hydrogens is 246 g/mol. The Kier molecular flexibility index (Phi) is 4.48. The fourth-order valence-corrected chi connectivity index (χ4v) is 1.94. The van der Waals surface area contributed by atoms with Crippen molar-refractivity contribution in [3.63, 3.8) is 0 Å². The van der Waals surface area contributed by atoms with Crippen LogP contribution in [0.3, 0.4) is 0 Å². The molecule has 19 heavy (non-hydrogen) atoms. The normalized spacial score (nSPS) is 20.5. The highest BCUT2D eigenvalue weighted by Crippen LogP contribution is 2.11. The molecule has 1 aromatic carbocycles. The minimum Gasteiger partial charge on any atom is -0.394 e. The SMILES string of the molecule is O=C1CNC(C(=O)N[C@@H](CO)c2ccccc2)CN1. The molecule has 6 heteroatoms. The topological polar surface area (TPSA) is 90.5 Å². The zero-order chi connectivity index (χ0) is 13.7. The van der Waals surface area contributed by atoms with E-state index in [0.717, 1.165) is 5.56 Å². The monoisotopic (exact) mass is 263 g/mol. The van der Waals surface area contributed by atoms with Crippen LogP contribution in [0.4, 0.5) is 0 Å². The molecule has 6 nitrogen and oxygen atoms in total. The van der Waals surface area contributed by atoms with Gasteiger partial charge in [-0.2, -0.15) is 0 Å². The van der Waals surface area contributed by atoms with E-state index in [1.807, 2.05) is 30.3 Å². The van der Waals surface area contributed by atoms with Gasteiger partial charge in [-0.05, 0) is 5.56 Å². The van der Waals surface area contributed by atoms with Gasteiger partial charge in [0.05, 0.1) is 19.2 Å². The molecule has 0 spiro atoms. The average Bonchev–Trinajstić information content (AvgIpc) is 2.46. The number of aliphatic hydroxyl groups excluding tert-OH is 1. The van der Waals surface area contributed by atoms with Gasteiger partial charge in [-0.3, -0.25) is 14.9 Å². The maximum absolute atomic E-state index is 12.0. The third-order valence-electron chi connectivity index (χ3n) is 3.03. The van der Waals surface area contributed by atoms with Crippen molar-refractivity contribution >= 4 is 11.8 Å². The van der Waals surface area contributed by atoms with E-state index in [-0.39, 0.29) is 31.5 Å². The third kappa shape index (κ3) is 3.52. The van der Waals surface area contributed by atoms with Gasteiger partial charge >= 0.3 is 0 Å². The van der Waals surface area contributed by atoms with Gasteiger partial charge in [-0.25, -0.2) is 0 Å². The van der Waals surface area contributed by atoms with Gasteiger partial charge in [0.15, 0.2) is 0 Å². The van der Waals surface area contributed by atoms with Gasteiger partial charge in [0.2, 0.25) is 11.8 Å². The number of nitrogens with one attached hydrogen (secondary N) is 3. The summed E-state index contributed by atoms with van der Waals surface area (Å²) in [7, 11) is 0.